The minimum atomic E-state index is -4.59. The molecule has 0 saturated carbocycles. The van der Waals surface area contributed by atoms with Crippen molar-refractivity contribution in [3.63, 3.8) is 0 Å². The van der Waals surface area contributed by atoms with Gasteiger partial charge in [0.05, 0.1) is 11.1 Å². The molecule has 0 spiro atoms. The molecule has 0 radical (unpaired) electrons. The lowest BCUT2D eigenvalue weighted by Crippen LogP contribution is -2.17. The zero-order valence-corrected chi connectivity index (χ0v) is 12.3. The highest BCUT2D eigenvalue weighted by Crippen LogP contribution is 2.32. The van der Waals surface area contributed by atoms with Gasteiger partial charge in [0.2, 0.25) is 0 Å². The van der Waals surface area contributed by atoms with Crippen molar-refractivity contribution in [3.05, 3.63) is 64.7 Å². The smallest absolute Gasteiger partial charge is 0.417 e. The highest BCUT2D eigenvalue weighted by atomic mass is 19.4. The Morgan fingerprint density at radius 2 is 1.65 bits per heavy atom. The molecular weight excluding hydrogens is 305 g/mol. The Morgan fingerprint density at radius 3 is 2.39 bits per heavy atom. The van der Waals surface area contributed by atoms with Crippen LogP contribution in [-0.4, -0.2) is 5.97 Å². The first-order valence-electron chi connectivity index (χ1n) is 7.45. The van der Waals surface area contributed by atoms with E-state index >= 15 is 0 Å². The number of rotatable bonds is 2. The first kappa shape index (κ1) is 15.6. The number of halogens is 3. The van der Waals surface area contributed by atoms with E-state index < -0.39 is 23.3 Å². The van der Waals surface area contributed by atoms with Gasteiger partial charge in [0, 0.05) is 0 Å². The number of esters is 1. The van der Waals surface area contributed by atoms with Gasteiger partial charge in [0.1, 0.15) is 5.75 Å². The number of alkyl halides is 3. The molecule has 23 heavy (non-hydrogen) atoms. The molecule has 2 aromatic carbocycles. The lowest BCUT2D eigenvalue weighted by molar-refractivity contribution is -0.138. The number of benzene rings is 2. The topological polar surface area (TPSA) is 26.3 Å². The molecule has 5 heteroatoms. The van der Waals surface area contributed by atoms with Crippen molar-refractivity contribution in [2.75, 3.05) is 0 Å². The van der Waals surface area contributed by atoms with Crippen LogP contribution in [0.15, 0.2) is 42.5 Å². The summed E-state index contributed by atoms with van der Waals surface area (Å²) in [6.07, 6.45) is -0.502. The Morgan fingerprint density at radius 1 is 0.957 bits per heavy atom. The molecular formula is C18H15F3O2. The fourth-order valence-corrected chi connectivity index (χ4v) is 2.84. The molecule has 0 saturated heterocycles. The fraction of sp³-hybridized carbons (Fsp3) is 0.278. The molecule has 0 amide bonds. The summed E-state index contributed by atoms with van der Waals surface area (Å²) >= 11 is 0. The predicted octanol–water partition coefficient (Wildman–Crippen LogP) is 4.80. The molecule has 2 aromatic rings. The summed E-state index contributed by atoms with van der Waals surface area (Å²) in [5.41, 5.74) is 0.859. The van der Waals surface area contributed by atoms with E-state index in [9.17, 15) is 18.0 Å². The first-order chi connectivity index (χ1) is 10.9. The monoisotopic (exact) mass is 320 g/mol. The quantitative estimate of drug-likeness (QED) is 0.587. The van der Waals surface area contributed by atoms with Gasteiger partial charge >= 0.3 is 12.1 Å². The molecule has 3 rings (SSSR count). The van der Waals surface area contributed by atoms with E-state index in [4.69, 9.17) is 4.74 Å². The predicted molar refractivity (Wildman–Crippen MR) is 79.5 cm³/mol. The van der Waals surface area contributed by atoms with Gasteiger partial charge in [-0.2, -0.15) is 13.2 Å². The average Bonchev–Trinajstić information content (AvgIpc) is 2.54. The van der Waals surface area contributed by atoms with Crippen molar-refractivity contribution in [3.8, 4) is 5.75 Å². The fourth-order valence-electron chi connectivity index (χ4n) is 2.84. The van der Waals surface area contributed by atoms with Crippen LogP contribution in [0.4, 0.5) is 13.2 Å². The van der Waals surface area contributed by atoms with E-state index in [1.807, 2.05) is 6.07 Å². The summed E-state index contributed by atoms with van der Waals surface area (Å²) in [7, 11) is 0. The van der Waals surface area contributed by atoms with Crippen molar-refractivity contribution in [2.45, 2.75) is 31.9 Å². The zero-order valence-electron chi connectivity index (χ0n) is 12.3. The normalized spacial score (nSPS) is 14.2. The molecule has 0 aromatic heterocycles. The molecule has 1 aliphatic carbocycles. The number of carbonyl (C=O) groups is 1. The zero-order chi connectivity index (χ0) is 16.4. The van der Waals surface area contributed by atoms with Crippen LogP contribution in [-0.2, 0) is 19.0 Å². The van der Waals surface area contributed by atoms with Crippen LogP contribution in [0.1, 0.15) is 39.9 Å². The number of fused-ring (bicyclic) bond motifs is 1. The van der Waals surface area contributed by atoms with Crippen molar-refractivity contribution in [1.29, 1.82) is 0 Å². The maximum Gasteiger partial charge on any atom is 0.417 e. The van der Waals surface area contributed by atoms with Crippen LogP contribution in [0, 0.1) is 0 Å². The van der Waals surface area contributed by atoms with Gasteiger partial charge in [-0.05, 0) is 61.1 Å². The number of aryl methyl sites for hydroxylation is 2. The second-order valence-corrected chi connectivity index (χ2v) is 5.57. The molecule has 0 heterocycles. The molecule has 0 fully saturated rings. The molecule has 0 bridgehead atoms. The number of carbonyl (C=O) groups excluding carboxylic acids is 1. The number of hydrogen-bond acceptors (Lipinski definition) is 2. The van der Waals surface area contributed by atoms with Crippen LogP contribution in [0.2, 0.25) is 0 Å². The molecule has 120 valence electrons. The van der Waals surface area contributed by atoms with Gasteiger partial charge in [0.25, 0.3) is 0 Å². The van der Waals surface area contributed by atoms with E-state index in [0.29, 0.717) is 0 Å². The van der Waals surface area contributed by atoms with Gasteiger partial charge in [-0.25, -0.2) is 4.79 Å². The summed E-state index contributed by atoms with van der Waals surface area (Å²) in [4.78, 5) is 12.1. The van der Waals surface area contributed by atoms with Gasteiger partial charge < -0.3 is 4.74 Å². The minimum absolute atomic E-state index is 0.285. The van der Waals surface area contributed by atoms with Crippen molar-refractivity contribution < 1.29 is 22.7 Å². The second kappa shape index (κ2) is 6.07. The maximum absolute atomic E-state index is 13.0. The number of hydrogen-bond donors (Lipinski definition) is 0. The molecule has 2 nitrogen and oxygen atoms in total. The third kappa shape index (κ3) is 3.38. The summed E-state index contributed by atoms with van der Waals surface area (Å²) in [6, 6.07) is 9.91. The second-order valence-electron chi connectivity index (χ2n) is 5.57. The van der Waals surface area contributed by atoms with Gasteiger partial charge in [0.15, 0.2) is 0 Å². The van der Waals surface area contributed by atoms with E-state index in [0.717, 1.165) is 43.4 Å². The van der Waals surface area contributed by atoms with E-state index in [-0.39, 0.29) is 5.75 Å². The molecule has 0 N–H and O–H groups in total. The van der Waals surface area contributed by atoms with Crippen LogP contribution in [0.25, 0.3) is 0 Å². The third-order valence-corrected chi connectivity index (χ3v) is 3.98. The van der Waals surface area contributed by atoms with Crippen LogP contribution >= 0.6 is 0 Å². The SMILES string of the molecule is O=C(Oc1ccc2c(c1)CCCC2)c1ccccc1C(F)(F)F. The van der Waals surface area contributed by atoms with Gasteiger partial charge in [-0.1, -0.05) is 18.2 Å². The van der Waals surface area contributed by atoms with E-state index in [2.05, 4.69) is 0 Å². The lowest BCUT2D eigenvalue weighted by atomic mass is 9.92. The third-order valence-electron chi connectivity index (χ3n) is 3.98. The Balaban J connectivity index is 1.85. The largest absolute Gasteiger partial charge is 0.423 e. The Kier molecular flexibility index (Phi) is 4.11. The summed E-state index contributed by atoms with van der Waals surface area (Å²) < 4.78 is 44.1. The molecule has 0 atom stereocenters. The van der Waals surface area contributed by atoms with Crippen LogP contribution in [0.5, 0.6) is 5.75 Å². The number of ether oxygens (including phenoxy) is 1. The van der Waals surface area contributed by atoms with E-state index in [1.54, 1.807) is 12.1 Å². The maximum atomic E-state index is 13.0. The summed E-state index contributed by atoms with van der Waals surface area (Å²) in [5, 5.41) is 0. The van der Waals surface area contributed by atoms with Crippen molar-refractivity contribution in [2.24, 2.45) is 0 Å². The van der Waals surface area contributed by atoms with Crippen LogP contribution in [0.3, 0.4) is 0 Å². The Bertz CT molecular complexity index is 735. The summed E-state index contributed by atoms with van der Waals surface area (Å²) in [6.45, 7) is 0. The molecule has 0 aliphatic heterocycles. The Hall–Kier alpha value is -2.30. The highest BCUT2D eigenvalue weighted by Gasteiger charge is 2.35. The Labute approximate surface area is 131 Å². The highest BCUT2D eigenvalue weighted by molar-refractivity contribution is 5.92. The summed E-state index contributed by atoms with van der Waals surface area (Å²) in [5.74, 6) is -0.707. The van der Waals surface area contributed by atoms with Gasteiger partial charge in [-0.3, -0.25) is 0 Å². The van der Waals surface area contributed by atoms with E-state index in [1.165, 1.54) is 17.7 Å². The molecule has 1 aliphatic rings. The molecule has 0 unspecified atom stereocenters. The average molecular weight is 320 g/mol. The van der Waals surface area contributed by atoms with Crippen molar-refractivity contribution >= 4 is 5.97 Å². The van der Waals surface area contributed by atoms with Crippen molar-refractivity contribution in [1.82, 2.24) is 0 Å². The van der Waals surface area contributed by atoms with Gasteiger partial charge in [-0.15, -0.1) is 0 Å². The standard InChI is InChI=1S/C18H15F3O2/c19-18(20,21)16-8-4-3-7-15(16)17(22)23-14-10-9-12-5-1-2-6-13(12)11-14/h3-4,7-11H,1-2,5-6H2. The lowest BCUT2D eigenvalue weighted by Gasteiger charge is -2.17. The van der Waals surface area contributed by atoms with Crippen LogP contribution < -0.4 is 4.74 Å². The first-order valence-corrected chi connectivity index (χ1v) is 7.45. The minimum Gasteiger partial charge on any atom is -0.423 e.